The van der Waals surface area contributed by atoms with Crippen molar-refractivity contribution in [1.29, 1.82) is 0 Å². The SMILES string of the molecule is CCNC(c1ccc(Br)cc1)c1ccc(F)c(Cl)c1. The van der Waals surface area contributed by atoms with Gasteiger partial charge in [0, 0.05) is 4.47 Å². The number of nitrogens with one attached hydrogen (secondary N) is 1. The Balaban J connectivity index is 2.38. The van der Waals surface area contributed by atoms with Crippen LogP contribution in [0.2, 0.25) is 5.02 Å². The summed E-state index contributed by atoms with van der Waals surface area (Å²) in [5, 5.41) is 3.54. The van der Waals surface area contributed by atoms with E-state index in [1.807, 2.05) is 31.2 Å². The van der Waals surface area contributed by atoms with Crippen LogP contribution < -0.4 is 5.32 Å². The molecule has 0 radical (unpaired) electrons. The van der Waals surface area contributed by atoms with Crippen molar-refractivity contribution in [2.45, 2.75) is 13.0 Å². The average molecular weight is 343 g/mol. The molecule has 0 aliphatic heterocycles. The predicted octanol–water partition coefficient (Wildman–Crippen LogP) is 4.94. The van der Waals surface area contributed by atoms with Crippen LogP contribution in [0.4, 0.5) is 4.39 Å². The van der Waals surface area contributed by atoms with Gasteiger partial charge in [-0.2, -0.15) is 0 Å². The first-order valence-corrected chi connectivity index (χ1v) is 7.22. The topological polar surface area (TPSA) is 12.0 Å². The summed E-state index contributed by atoms with van der Waals surface area (Å²) in [7, 11) is 0. The lowest BCUT2D eigenvalue weighted by atomic mass is 9.98. The van der Waals surface area contributed by atoms with E-state index < -0.39 is 5.82 Å². The van der Waals surface area contributed by atoms with E-state index in [2.05, 4.69) is 21.2 Å². The highest BCUT2D eigenvalue weighted by Crippen LogP contribution is 2.26. The van der Waals surface area contributed by atoms with Crippen LogP contribution in [0.25, 0.3) is 0 Å². The van der Waals surface area contributed by atoms with Gasteiger partial charge in [-0.3, -0.25) is 0 Å². The second-order valence-corrected chi connectivity index (χ2v) is 5.54. The van der Waals surface area contributed by atoms with Crippen LogP contribution in [-0.4, -0.2) is 6.54 Å². The van der Waals surface area contributed by atoms with Gasteiger partial charge in [-0.05, 0) is 41.9 Å². The molecule has 0 bridgehead atoms. The maximum absolute atomic E-state index is 13.2. The third kappa shape index (κ3) is 3.56. The molecule has 2 aromatic rings. The predicted molar refractivity (Wildman–Crippen MR) is 81.1 cm³/mol. The fourth-order valence-electron chi connectivity index (χ4n) is 1.98. The van der Waals surface area contributed by atoms with Crippen molar-refractivity contribution in [2.24, 2.45) is 0 Å². The highest BCUT2D eigenvalue weighted by molar-refractivity contribution is 9.10. The van der Waals surface area contributed by atoms with Gasteiger partial charge in [0.15, 0.2) is 0 Å². The number of benzene rings is 2. The quantitative estimate of drug-likeness (QED) is 0.830. The molecular weight excluding hydrogens is 329 g/mol. The lowest BCUT2D eigenvalue weighted by molar-refractivity contribution is 0.614. The van der Waals surface area contributed by atoms with E-state index >= 15 is 0 Å². The second kappa shape index (κ2) is 6.51. The number of hydrogen-bond donors (Lipinski definition) is 1. The molecule has 1 N–H and O–H groups in total. The number of rotatable bonds is 4. The molecule has 1 nitrogen and oxygen atoms in total. The largest absolute Gasteiger partial charge is 0.307 e. The molecule has 2 rings (SSSR count). The third-order valence-corrected chi connectivity index (χ3v) is 3.71. The average Bonchev–Trinajstić information content (AvgIpc) is 2.41. The summed E-state index contributed by atoms with van der Waals surface area (Å²) in [4.78, 5) is 0. The molecule has 2 aromatic carbocycles. The van der Waals surface area contributed by atoms with Crippen molar-refractivity contribution in [3.05, 3.63) is 68.9 Å². The lowest BCUT2D eigenvalue weighted by Gasteiger charge is -2.19. The van der Waals surface area contributed by atoms with Crippen LogP contribution >= 0.6 is 27.5 Å². The zero-order valence-electron chi connectivity index (χ0n) is 10.5. The maximum Gasteiger partial charge on any atom is 0.141 e. The van der Waals surface area contributed by atoms with E-state index in [9.17, 15) is 4.39 Å². The summed E-state index contributed by atoms with van der Waals surface area (Å²) >= 11 is 9.28. The van der Waals surface area contributed by atoms with Crippen LogP contribution in [0.5, 0.6) is 0 Å². The first kappa shape index (κ1) is 14.5. The van der Waals surface area contributed by atoms with Gasteiger partial charge >= 0.3 is 0 Å². The Labute approximate surface area is 125 Å². The Bertz CT molecular complexity index is 557. The molecular formula is C15H14BrClFN. The van der Waals surface area contributed by atoms with E-state index in [0.717, 1.165) is 22.1 Å². The molecule has 4 heteroatoms. The highest BCUT2D eigenvalue weighted by Gasteiger charge is 2.14. The fraction of sp³-hybridized carbons (Fsp3) is 0.200. The molecule has 0 saturated carbocycles. The Morgan fingerprint density at radius 1 is 1.16 bits per heavy atom. The Hall–Kier alpha value is -0.900. The van der Waals surface area contributed by atoms with Gasteiger partial charge < -0.3 is 5.32 Å². The summed E-state index contributed by atoms with van der Waals surface area (Å²) < 4.78 is 14.3. The third-order valence-electron chi connectivity index (χ3n) is 2.89. The Morgan fingerprint density at radius 3 is 2.37 bits per heavy atom. The van der Waals surface area contributed by atoms with Gasteiger partial charge in [-0.1, -0.05) is 52.7 Å². The summed E-state index contributed by atoms with van der Waals surface area (Å²) in [6.07, 6.45) is 0. The van der Waals surface area contributed by atoms with Gasteiger partial charge in [0.2, 0.25) is 0 Å². The summed E-state index contributed by atoms with van der Waals surface area (Å²) in [5.74, 6) is -0.392. The van der Waals surface area contributed by atoms with E-state index in [4.69, 9.17) is 11.6 Å². The Kier molecular flexibility index (Phi) is 4.97. The normalized spacial score (nSPS) is 12.4. The van der Waals surface area contributed by atoms with E-state index in [1.54, 1.807) is 12.1 Å². The summed E-state index contributed by atoms with van der Waals surface area (Å²) in [6.45, 7) is 2.85. The van der Waals surface area contributed by atoms with Crippen molar-refractivity contribution in [2.75, 3.05) is 6.54 Å². The zero-order chi connectivity index (χ0) is 13.8. The monoisotopic (exact) mass is 341 g/mol. The van der Waals surface area contributed by atoms with Crippen molar-refractivity contribution < 1.29 is 4.39 Å². The van der Waals surface area contributed by atoms with Crippen molar-refractivity contribution in [3.8, 4) is 0 Å². The molecule has 1 atom stereocenters. The minimum absolute atomic E-state index is 0.0104. The molecule has 0 aliphatic rings. The molecule has 1 unspecified atom stereocenters. The van der Waals surface area contributed by atoms with E-state index in [-0.39, 0.29) is 11.1 Å². The van der Waals surface area contributed by atoms with Crippen molar-refractivity contribution >= 4 is 27.5 Å². The van der Waals surface area contributed by atoms with Crippen molar-refractivity contribution in [1.82, 2.24) is 5.32 Å². The maximum atomic E-state index is 13.2. The lowest BCUT2D eigenvalue weighted by Crippen LogP contribution is -2.22. The minimum atomic E-state index is -0.392. The summed E-state index contributed by atoms with van der Waals surface area (Å²) in [6, 6.07) is 12.9. The van der Waals surface area contributed by atoms with Gasteiger partial charge in [0.25, 0.3) is 0 Å². The molecule has 100 valence electrons. The fourth-order valence-corrected chi connectivity index (χ4v) is 2.43. The first-order valence-electron chi connectivity index (χ1n) is 6.05. The van der Waals surface area contributed by atoms with E-state index in [1.165, 1.54) is 6.07 Å². The molecule has 0 saturated heterocycles. The molecule has 0 fully saturated rings. The van der Waals surface area contributed by atoms with Gasteiger partial charge in [-0.25, -0.2) is 4.39 Å². The molecule has 0 aliphatic carbocycles. The molecule has 0 amide bonds. The zero-order valence-corrected chi connectivity index (χ0v) is 12.8. The van der Waals surface area contributed by atoms with Gasteiger partial charge in [0.05, 0.1) is 11.1 Å². The Morgan fingerprint density at radius 2 is 1.79 bits per heavy atom. The van der Waals surface area contributed by atoms with Crippen molar-refractivity contribution in [3.63, 3.8) is 0 Å². The van der Waals surface area contributed by atoms with E-state index in [0.29, 0.717) is 0 Å². The second-order valence-electron chi connectivity index (χ2n) is 4.22. The van der Waals surface area contributed by atoms with Crippen LogP contribution in [-0.2, 0) is 0 Å². The van der Waals surface area contributed by atoms with Crippen LogP contribution in [0.1, 0.15) is 24.1 Å². The molecule has 0 heterocycles. The molecule has 19 heavy (non-hydrogen) atoms. The smallest absolute Gasteiger partial charge is 0.141 e. The summed E-state index contributed by atoms with van der Waals surface area (Å²) in [5.41, 5.74) is 2.07. The minimum Gasteiger partial charge on any atom is -0.307 e. The van der Waals surface area contributed by atoms with Gasteiger partial charge in [-0.15, -0.1) is 0 Å². The first-order chi connectivity index (χ1) is 9.11. The molecule has 0 aromatic heterocycles. The standard InChI is InChI=1S/C15H14BrClFN/c1-2-19-15(10-3-6-12(16)7-4-10)11-5-8-14(18)13(17)9-11/h3-9,15,19H,2H2,1H3. The molecule has 0 spiro atoms. The van der Waals surface area contributed by atoms with Crippen LogP contribution in [0.15, 0.2) is 46.9 Å². The van der Waals surface area contributed by atoms with Crippen LogP contribution in [0, 0.1) is 5.82 Å². The number of halogens is 3. The van der Waals surface area contributed by atoms with Gasteiger partial charge in [0.1, 0.15) is 5.82 Å². The van der Waals surface area contributed by atoms with Crippen LogP contribution in [0.3, 0.4) is 0 Å². The highest BCUT2D eigenvalue weighted by atomic mass is 79.9. The number of hydrogen-bond acceptors (Lipinski definition) is 1.